The zero-order valence-electron chi connectivity index (χ0n) is 26.3. The van der Waals surface area contributed by atoms with Gasteiger partial charge in [0.1, 0.15) is 11.2 Å². The zero-order valence-corrected chi connectivity index (χ0v) is 26.3. The predicted molar refractivity (Wildman–Crippen MR) is 202 cm³/mol. The fourth-order valence-corrected chi connectivity index (χ4v) is 7.01. The summed E-state index contributed by atoms with van der Waals surface area (Å²) in [6.07, 6.45) is 0. The van der Waals surface area contributed by atoms with Gasteiger partial charge in [0.05, 0.1) is 16.8 Å². The second kappa shape index (κ2) is 11.8. The fraction of sp³-hybridized carbons (Fsp3) is 0. The summed E-state index contributed by atoms with van der Waals surface area (Å²) >= 11 is 0. The van der Waals surface area contributed by atoms with Crippen LogP contribution in [0.3, 0.4) is 0 Å². The molecule has 48 heavy (non-hydrogen) atoms. The maximum atomic E-state index is 6.42. The quantitative estimate of drug-likeness (QED) is 0.185. The van der Waals surface area contributed by atoms with Crippen molar-refractivity contribution in [1.82, 2.24) is 0 Å². The molecule has 0 N–H and O–H groups in total. The molecule has 226 valence electrons. The number of fused-ring (bicyclic) bond motifs is 4. The second-order valence-corrected chi connectivity index (χ2v) is 12.1. The molecule has 2 heteroatoms. The van der Waals surface area contributed by atoms with Crippen molar-refractivity contribution in [1.29, 1.82) is 0 Å². The molecular weight excluding hydrogens is 583 g/mol. The third kappa shape index (κ3) is 4.83. The normalized spacial score (nSPS) is 11.3. The van der Waals surface area contributed by atoms with Crippen LogP contribution in [-0.2, 0) is 0 Å². The second-order valence-electron chi connectivity index (χ2n) is 12.1. The van der Waals surface area contributed by atoms with E-state index in [9.17, 15) is 0 Å². The number of nitrogens with zero attached hydrogens (tertiary/aromatic N) is 1. The van der Waals surface area contributed by atoms with Gasteiger partial charge in [0.15, 0.2) is 0 Å². The standard InChI is InChI=1S/C46H31NO/c1-3-13-32(14-4-1)33-25-28-37(29-26-33)47(42-22-12-24-45-46(42)41-20-9-10-23-44(41)48-45)43-31-36(27-30-40(43)35-15-5-2-6-16-35)39-21-11-18-34-17-7-8-19-38(34)39/h1-31H. The molecule has 0 fully saturated rings. The van der Waals surface area contributed by atoms with Crippen LogP contribution in [0.25, 0.3) is 66.1 Å². The maximum Gasteiger partial charge on any atom is 0.137 e. The van der Waals surface area contributed by atoms with E-state index in [0.717, 1.165) is 55.7 Å². The number of para-hydroxylation sites is 1. The van der Waals surface area contributed by atoms with E-state index in [1.54, 1.807) is 0 Å². The van der Waals surface area contributed by atoms with Crippen molar-refractivity contribution in [3.8, 4) is 33.4 Å². The third-order valence-corrected chi connectivity index (χ3v) is 9.28. The molecule has 0 spiro atoms. The lowest BCUT2D eigenvalue weighted by atomic mass is 9.94. The molecule has 9 aromatic rings. The molecule has 0 aliphatic rings. The van der Waals surface area contributed by atoms with Crippen LogP contribution in [0.1, 0.15) is 0 Å². The average Bonchev–Trinajstić information content (AvgIpc) is 3.55. The van der Waals surface area contributed by atoms with E-state index >= 15 is 0 Å². The Hall–Kier alpha value is -6.38. The molecule has 0 atom stereocenters. The fourth-order valence-electron chi connectivity index (χ4n) is 7.01. The lowest BCUT2D eigenvalue weighted by Crippen LogP contribution is -2.12. The molecule has 2 nitrogen and oxygen atoms in total. The van der Waals surface area contributed by atoms with Gasteiger partial charge in [0.25, 0.3) is 0 Å². The first-order chi connectivity index (χ1) is 23.8. The van der Waals surface area contributed by atoms with Gasteiger partial charge in [-0.15, -0.1) is 0 Å². The summed E-state index contributed by atoms with van der Waals surface area (Å²) in [7, 11) is 0. The molecular formula is C46H31NO. The summed E-state index contributed by atoms with van der Waals surface area (Å²) in [6, 6.07) is 67.0. The van der Waals surface area contributed by atoms with E-state index in [2.05, 4.69) is 187 Å². The molecule has 0 saturated carbocycles. The Balaban J connectivity index is 1.34. The first-order valence-corrected chi connectivity index (χ1v) is 16.4. The Morgan fingerprint density at radius 3 is 1.77 bits per heavy atom. The highest BCUT2D eigenvalue weighted by Crippen LogP contribution is 2.47. The Morgan fingerprint density at radius 2 is 0.958 bits per heavy atom. The Kier molecular flexibility index (Phi) is 6.84. The van der Waals surface area contributed by atoms with Crippen LogP contribution < -0.4 is 4.90 Å². The molecule has 0 bridgehead atoms. The van der Waals surface area contributed by atoms with Gasteiger partial charge in [-0.25, -0.2) is 0 Å². The van der Waals surface area contributed by atoms with Crippen LogP contribution in [-0.4, -0.2) is 0 Å². The Labute approximate surface area is 279 Å². The molecule has 0 aliphatic carbocycles. The summed E-state index contributed by atoms with van der Waals surface area (Å²) in [4.78, 5) is 2.41. The van der Waals surface area contributed by atoms with Crippen LogP contribution >= 0.6 is 0 Å². The summed E-state index contributed by atoms with van der Waals surface area (Å²) < 4.78 is 6.42. The Morgan fingerprint density at radius 1 is 0.354 bits per heavy atom. The van der Waals surface area contributed by atoms with Crippen LogP contribution in [0, 0.1) is 0 Å². The number of anilines is 3. The minimum absolute atomic E-state index is 0.867. The van der Waals surface area contributed by atoms with E-state index in [-0.39, 0.29) is 0 Å². The topological polar surface area (TPSA) is 16.4 Å². The smallest absolute Gasteiger partial charge is 0.137 e. The molecule has 9 rings (SSSR count). The summed E-state index contributed by atoms with van der Waals surface area (Å²) in [5, 5.41) is 4.65. The van der Waals surface area contributed by atoms with Gasteiger partial charge in [-0.3, -0.25) is 0 Å². The summed E-state index contributed by atoms with van der Waals surface area (Å²) in [5.74, 6) is 0. The van der Waals surface area contributed by atoms with Gasteiger partial charge in [0.2, 0.25) is 0 Å². The molecule has 8 aromatic carbocycles. The van der Waals surface area contributed by atoms with E-state index in [4.69, 9.17) is 4.42 Å². The molecule has 1 aromatic heterocycles. The molecule has 0 aliphatic heterocycles. The lowest BCUT2D eigenvalue weighted by molar-refractivity contribution is 0.669. The van der Waals surface area contributed by atoms with Crippen LogP contribution in [0.4, 0.5) is 17.1 Å². The minimum atomic E-state index is 0.867. The molecule has 1 heterocycles. The van der Waals surface area contributed by atoms with E-state index < -0.39 is 0 Å². The first kappa shape index (κ1) is 27.9. The van der Waals surface area contributed by atoms with Crippen LogP contribution in [0.2, 0.25) is 0 Å². The number of hydrogen-bond acceptors (Lipinski definition) is 2. The summed E-state index contributed by atoms with van der Waals surface area (Å²) in [6.45, 7) is 0. The third-order valence-electron chi connectivity index (χ3n) is 9.28. The highest BCUT2D eigenvalue weighted by molar-refractivity contribution is 6.14. The van der Waals surface area contributed by atoms with Gasteiger partial charge >= 0.3 is 0 Å². The van der Waals surface area contributed by atoms with Crippen molar-refractivity contribution in [3.05, 3.63) is 188 Å². The number of furan rings is 1. The average molecular weight is 614 g/mol. The highest BCUT2D eigenvalue weighted by Gasteiger charge is 2.23. The highest BCUT2D eigenvalue weighted by atomic mass is 16.3. The number of hydrogen-bond donors (Lipinski definition) is 0. The number of rotatable bonds is 6. The lowest BCUT2D eigenvalue weighted by Gasteiger charge is -2.29. The SMILES string of the molecule is c1ccc(-c2ccc(N(c3cc(-c4cccc5ccccc45)ccc3-c3ccccc3)c3cccc4oc5ccccc5c34)cc2)cc1. The maximum absolute atomic E-state index is 6.42. The van der Waals surface area contributed by atoms with Crippen molar-refractivity contribution >= 4 is 49.8 Å². The van der Waals surface area contributed by atoms with Crippen molar-refractivity contribution in [2.24, 2.45) is 0 Å². The van der Waals surface area contributed by atoms with E-state index in [1.165, 1.54) is 27.5 Å². The van der Waals surface area contributed by atoms with Gasteiger partial charge in [-0.2, -0.15) is 0 Å². The van der Waals surface area contributed by atoms with Gasteiger partial charge in [0, 0.05) is 16.6 Å². The van der Waals surface area contributed by atoms with Crippen molar-refractivity contribution in [3.63, 3.8) is 0 Å². The number of benzene rings is 8. The molecule has 0 radical (unpaired) electrons. The molecule has 0 amide bonds. The van der Waals surface area contributed by atoms with Crippen LogP contribution in [0.5, 0.6) is 0 Å². The monoisotopic (exact) mass is 613 g/mol. The van der Waals surface area contributed by atoms with Crippen molar-refractivity contribution in [2.75, 3.05) is 4.90 Å². The van der Waals surface area contributed by atoms with Crippen molar-refractivity contribution in [2.45, 2.75) is 0 Å². The van der Waals surface area contributed by atoms with Gasteiger partial charge in [-0.1, -0.05) is 152 Å². The molecule has 0 unspecified atom stereocenters. The first-order valence-electron chi connectivity index (χ1n) is 16.4. The van der Waals surface area contributed by atoms with Crippen LogP contribution in [0.15, 0.2) is 192 Å². The van der Waals surface area contributed by atoms with Gasteiger partial charge < -0.3 is 9.32 Å². The van der Waals surface area contributed by atoms with E-state index in [0.29, 0.717) is 0 Å². The Bertz CT molecular complexity index is 2540. The largest absolute Gasteiger partial charge is 0.456 e. The van der Waals surface area contributed by atoms with Crippen molar-refractivity contribution < 1.29 is 4.42 Å². The van der Waals surface area contributed by atoms with Gasteiger partial charge in [-0.05, 0) is 75.0 Å². The minimum Gasteiger partial charge on any atom is -0.456 e. The summed E-state index contributed by atoms with van der Waals surface area (Å²) in [5.41, 5.74) is 12.0. The predicted octanol–water partition coefficient (Wildman–Crippen LogP) is 13.2. The zero-order chi connectivity index (χ0) is 31.9. The van der Waals surface area contributed by atoms with E-state index in [1.807, 2.05) is 6.07 Å². The molecule has 0 saturated heterocycles.